The number of nitrogens with one attached hydrogen (secondary N) is 1. The average molecular weight is 439 g/mol. The lowest BCUT2D eigenvalue weighted by molar-refractivity contribution is -0.122. The number of hydrazone groups is 1. The Bertz CT molecular complexity index is 1310. The van der Waals surface area contributed by atoms with Crippen LogP contribution < -0.4 is 5.32 Å². The summed E-state index contributed by atoms with van der Waals surface area (Å²) < 4.78 is 0. The molecular weight excluding hydrogens is 420 g/mol. The van der Waals surface area contributed by atoms with E-state index in [9.17, 15) is 9.59 Å². The van der Waals surface area contributed by atoms with Gasteiger partial charge in [0.05, 0.1) is 5.69 Å². The Balaban J connectivity index is 1.59. The van der Waals surface area contributed by atoms with Gasteiger partial charge < -0.3 is 5.32 Å². The average Bonchev–Trinajstić information content (AvgIpc) is 3.31. The number of nitrogens with zero attached hydrogens (tertiary/aromatic N) is 3. The van der Waals surface area contributed by atoms with E-state index in [1.54, 1.807) is 30.0 Å². The molecule has 2 heterocycles. The molecular formula is C25H18N4O2S. The molecule has 0 saturated heterocycles. The number of rotatable bonds is 4. The number of hydrogen-bond donors (Lipinski definition) is 1. The van der Waals surface area contributed by atoms with E-state index in [4.69, 9.17) is 0 Å². The van der Waals surface area contributed by atoms with Gasteiger partial charge in [-0.2, -0.15) is 10.1 Å². The monoisotopic (exact) mass is 438 g/mol. The van der Waals surface area contributed by atoms with Crippen LogP contribution >= 0.6 is 11.8 Å². The first-order valence-electron chi connectivity index (χ1n) is 9.98. The number of amidine groups is 1. The van der Waals surface area contributed by atoms with Gasteiger partial charge in [-0.3, -0.25) is 9.59 Å². The molecule has 0 aromatic heterocycles. The van der Waals surface area contributed by atoms with Gasteiger partial charge in [0.2, 0.25) is 0 Å². The number of amides is 2. The van der Waals surface area contributed by atoms with Gasteiger partial charge in [-0.15, -0.1) is 11.8 Å². The van der Waals surface area contributed by atoms with Crippen LogP contribution in [0.1, 0.15) is 16.7 Å². The van der Waals surface area contributed by atoms with Crippen molar-refractivity contribution in [3.63, 3.8) is 0 Å². The number of hydrogen-bond acceptors (Lipinski definition) is 5. The molecule has 1 N–H and O–H groups in total. The van der Waals surface area contributed by atoms with Gasteiger partial charge >= 0.3 is 0 Å². The fraction of sp³-hybridized carbons (Fsp3) is 0.0400. The predicted octanol–water partition coefficient (Wildman–Crippen LogP) is 4.39. The second kappa shape index (κ2) is 8.28. The fourth-order valence-electron chi connectivity index (χ4n) is 3.53. The van der Waals surface area contributed by atoms with E-state index in [2.05, 4.69) is 15.4 Å². The van der Waals surface area contributed by atoms with E-state index < -0.39 is 0 Å². The highest BCUT2D eigenvalue weighted by atomic mass is 32.2. The third kappa shape index (κ3) is 3.63. The SMILES string of the molecule is CSc1ccc(C=C2N=C(c3ccccc3)N(N=C3C(=O)Nc4ccccc43)C2=O)cc1. The molecule has 0 atom stereocenters. The Hall–Kier alpha value is -3.97. The number of benzene rings is 3. The van der Waals surface area contributed by atoms with Crippen LogP contribution in [0.4, 0.5) is 5.69 Å². The van der Waals surface area contributed by atoms with Crippen LogP contribution in [0.25, 0.3) is 6.08 Å². The molecule has 2 aliphatic rings. The lowest BCUT2D eigenvalue weighted by Crippen LogP contribution is -2.30. The number of carbonyl (C=O) groups excluding carboxylic acids is 2. The quantitative estimate of drug-likeness (QED) is 0.485. The molecule has 156 valence electrons. The van der Waals surface area contributed by atoms with Crippen LogP contribution in [0.3, 0.4) is 0 Å². The second-order valence-corrected chi connectivity index (χ2v) is 8.05. The normalized spacial score (nSPS) is 17.7. The van der Waals surface area contributed by atoms with Crippen molar-refractivity contribution >= 4 is 46.9 Å². The van der Waals surface area contributed by atoms with Crippen LogP contribution in [0.15, 0.2) is 99.5 Å². The summed E-state index contributed by atoms with van der Waals surface area (Å²) in [5.74, 6) is -0.355. The Labute approximate surface area is 189 Å². The first-order chi connectivity index (χ1) is 15.6. The molecule has 0 unspecified atom stereocenters. The molecule has 3 aromatic rings. The largest absolute Gasteiger partial charge is 0.320 e. The molecule has 0 bridgehead atoms. The van der Waals surface area contributed by atoms with Gasteiger partial charge in [0.25, 0.3) is 11.8 Å². The maximum atomic E-state index is 13.3. The minimum Gasteiger partial charge on any atom is -0.320 e. The Kier molecular flexibility index (Phi) is 5.17. The summed E-state index contributed by atoms with van der Waals surface area (Å²) in [6.45, 7) is 0. The third-order valence-electron chi connectivity index (χ3n) is 5.14. The molecule has 0 radical (unpaired) electrons. The van der Waals surface area contributed by atoms with Crippen molar-refractivity contribution in [2.75, 3.05) is 11.6 Å². The Morgan fingerprint density at radius 3 is 2.41 bits per heavy atom. The molecule has 6 nitrogen and oxygen atoms in total. The molecule has 7 heteroatoms. The van der Waals surface area contributed by atoms with Gasteiger partial charge in [-0.25, -0.2) is 4.99 Å². The molecule has 2 amide bonds. The number of anilines is 1. The maximum absolute atomic E-state index is 13.3. The van der Waals surface area contributed by atoms with Gasteiger partial charge in [0.1, 0.15) is 5.70 Å². The fourth-order valence-corrected chi connectivity index (χ4v) is 3.94. The molecule has 32 heavy (non-hydrogen) atoms. The highest BCUT2D eigenvalue weighted by Crippen LogP contribution is 2.27. The van der Waals surface area contributed by atoms with Crippen LogP contribution in [-0.2, 0) is 9.59 Å². The minimum atomic E-state index is -0.387. The van der Waals surface area contributed by atoms with Crippen LogP contribution in [0.5, 0.6) is 0 Å². The summed E-state index contributed by atoms with van der Waals surface area (Å²) in [6, 6.07) is 24.5. The van der Waals surface area contributed by atoms with Crippen molar-refractivity contribution in [2.45, 2.75) is 4.90 Å². The van der Waals surface area contributed by atoms with Crippen molar-refractivity contribution < 1.29 is 9.59 Å². The highest BCUT2D eigenvalue weighted by molar-refractivity contribution is 7.98. The summed E-state index contributed by atoms with van der Waals surface area (Å²) in [4.78, 5) is 31.6. The van der Waals surface area contributed by atoms with E-state index in [0.717, 1.165) is 16.0 Å². The van der Waals surface area contributed by atoms with Gasteiger partial charge in [-0.1, -0.05) is 60.7 Å². The first-order valence-corrected chi connectivity index (χ1v) is 11.2. The number of aliphatic imine (C=N–C) groups is 1. The van der Waals surface area contributed by atoms with Gasteiger partial charge in [0, 0.05) is 16.0 Å². The van der Waals surface area contributed by atoms with Crippen LogP contribution in [0, 0.1) is 0 Å². The number of para-hydroxylation sites is 1. The van der Waals surface area contributed by atoms with Crippen molar-refractivity contribution in [1.82, 2.24) is 5.01 Å². The maximum Gasteiger partial charge on any atom is 0.298 e. The van der Waals surface area contributed by atoms with E-state index in [0.29, 0.717) is 17.1 Å². The molecule has 2 aliphatic heterocycles. The predicted molar refractivity (Wildman–Crippen MR) is 128 cm³/mol. The first kappa shape index (κ1) is 20.0. The molecule has 3 aromatic carbocycles. The van der Waals surface area contributed by atoms with E-state index in [1.165, 1.54) is 5.01 Å². The van der Waals surface area contributed by atoms with Crippen molar-refractivity contribution in [3.8, 4) is 0 Å². The number of thioether (sulfide) groups is 1. The molecule has 0 spiro atoms. The highest BCUT2D eigenvalue weighted by Gasteiger charge is 2.34. The zero-order valence-electron chi connectivity index (χ0n) is 17.1. The van der Waals surface area contributed by atoms with Gasteiger partial charge in [-0.05, 0) is 36.1 Å². The summed E-state index contributed by atoms with van der Waals surface area (Å²) in [6.07, 6.45) is 3.75. The molecule has 0 aliphatic carbocycles. The minimum absolute atomic E-state index is 0.183. The van der Waals surface area contributed by atoms with Crippen LogP contribution in [0.2, 0.25) is 0 Å². The van der Waals surface area contributed by atoms with Crippen molar-refractivity contribution in [1.29, 1.82) is 0 Å². The summed E-state index contributed by atoms with van der Waals surface area (Å²) in [5.41, 5.74) is 3.37. The Morgan fingerprint density at radius 1 is 0.938 bits per heavy atom. The van der Waals surface area contributed by atoms with Gasteiger partial charge in [0.15, 0.2) is 11.5 Å². The van der Waals surface area contributed by atoms with Crippen molar-refractivity contribution in [3.05, 3.63) is 101 Å². The summed E-state index contributed by atoms with van der Waals surface area (Å²) in [5, 5.41) is 8.47. The van der Waals surface area contributed by atoms with E-state index >= 15 is 0 Å². The standard InChI is InChI=1S/C25H18N4O2S/c1-32-18-13-11-16(12-14-18)15-21-25(31)29(23(26-21)17-7-3-2-4-8-17)28-22-19-9-5-6-10-20(19)27-24(22)30/h2-15H,1H3,(H,27,28,30). The van der Waals surface area contributed by atoms with Crippen LogP contribution in [-0.4, -0.2) is 34.6 Å². The molecule has 0 saturated carbocycles. The zero-order chi connectivity index (χ0) is 22.1. The topological polar surface area (TPSA) is 74.1 Å². The summed E-state index contributed by atoms with van der Waals surface area (Å²) in [7, 11) is 0. The smallest absolute Gasteiger partial charge is 0.298 e. The number of carbonyl (C=O) groups is 2. The number of fused-ring (bicyclic) bond motifs is 1. The Morgan fingerprint density at radius 2 is 1.66 bits per heavy atom. The third-order valence-corrected chi connectivity index (χ3v) is 5.88. The zero-order valence-corrected chi connectivity index (χ0v) is 18.0. The molecule has 5 rings (SSSR count). The second-order valence-electron chi connectivity index (χ2n) is 7.17. The van der Waals surface area contributed by atoms with E-state index in [1.807, 2.05) is 73.0 Å². The lowest BCUT2D eigenvalue weighted by atomic mass is 10.1. The van der Waals surface area contributed by atoms with E-state index in [-0.39, 0.29) is 23.2 Å². The summed E-state index contributed by atoms with van der Waals surface area (Å²) >= 11 is 1.65. The lowest BCUT2D eigenvalue weighted by Gasteiger charge is -2.13. The molecule has 0 fully saturated rings. The van der Waals surface area contributed by atoms with Crippen molar-refractivity contribution in [2.24, 2.45) is 10.1 Å².